The van der Waals surface area contributed by atoms with Crippen LogP contribution < -0.4 is 10.2 Å². The number of hydrazone groups is 1. The minimum atomic E-state index is -0.0350. The first-order valence-electron chi connectivity index (χ1n) is 5.82. The van der Waals surface area contributed by atoms with E-state index in [1.165, 1.54) is 0 Å². The van der Waals surface area contributed by atoms with Crippen molar-refractivity contribution in [2.45, 2.75) is 12.8 Å². The van der Waals surface area contributed by atoms with Crippen molar-refractivity contribution < 1.29 is 9.53 Å². The SMILES string of the molecule is C=C1CC(C(=O)N/N=C/c2ccc(OC)cc2)C1. The lowest BCUT2D eigenvalue weighted by molar-refractivity contribution is -0.126. The van der Waals surface area contributed by atoms with E-state index in [9.17, 15) is 4.79 Å². The van der Waals surface area contributed by atoms with Crippen LogP contribution in [0.3, 0.4) is 0 Å². The Kier molecular flexibility index (Phi) is 3.77. The van der Waals surface area contributed by atoms with Gasteiger partial charge in [-0.1, -0.05) is 12.2 Å². The highest BCUT2D eigenvalue weighted by molar-refractivity contribution is 5.84. The number of methoxy groups -OCH3 is 1. The number of amides is 1. The largest absolute Gasteiger partial charge is 0.497 e. The van der Waals surface area contributed by atoms with Gasteiger partial charge in [0, 0.05) is 5.92 Å². The summed E-state index contributed by atoms with van der Waals surface area (Å²) in [6.45, 7) is 3.81. The second-order valence-corrected chi connectivity index (χ2v) is 4.36. The highest BCUT2D eigenvalue weighted by Gasteiger charge is 2.27. The zero-order chi connectivity index (χ0) is 13.0. The van der Waals surface area contributed by atoms with E-state index in [1.54, 1.807) is 13.3 Å². The number of hydrogen-bond donors (Lipinski definition) is 1. The summed E-state index contributed by atoms with van der Waals surface area (Å²) in [5.41, 5.74) is 4.59. The lowest BCUT2D eigenvalue weighted by Gasteiger charge is -2.25. The fourth-order valence-corrected chi connectivity index (χ4v) is 1.77. The molecule has 4 heteroatoms. The average molecular weight is 244 g/mol. The number of nitrogens with zero attached hydrogens (tertiary/aromatic N) is 1. The summed E-state index contributed by atoms with van der Waals surface area (Å²) in [7, 11) is 1.62. The summed E-state index contributed by atoms with van der Waals surface area (Å²) < 4.78 is 5.05. The number of hydrogen-bond acceptors (Lipinski definition) is 3. The Morgan fingerprint density at radius 1 is 1.44 bits per heavy atom. The molecule has 0 aliphatic heterocycles. The normalized spacial score (nSPS) is 15.5. The van der Waals surface area contributed by atoms with Crippen molar-refractivity contribution in [1.82, 2.24) is 5.43 Å². The van der Waals surface area contributed by atoms with Gasteiger partial charge in [0.05, 0.1) is 13.3 Å². The van der Waals surface area contributed by atoms with Crippen molar-refractivity contribution >= 4 is 12.1 Å². The van der Waals surface area contributed by atoms with Crippen molar-refractivity contribution in [2.24, 2.45) is 11.0 Å². The van der Waals surface area contributed by atoms with E-state index in [1.807, 2.05) is 24.3 Å². The maximum Gasteiger partial charge on any atom is 0.243 e. The topological polar surface area (TPSA) is 50.7 Å². The maximum absolute atomic E-state index is 11.6. The van der Waals surface area contributed by atoms with Crippen LogP contribution in [0.4, 0.5) is 0 Å². The molecule has 1 saturated carbocycles. The van der Waals surface area contributed by atoms with Gasteiger partial charge in [-0.3, -0.25) is 4.79 Å². The molecule has 1 N–H and O–H groups in total. The third-order valence-corrected chi connectivity index (χ3v) is 2.95. The van der Waals surface area contributed by atoms with Crippen LogP contribution in [0, 0.1) is 5.92 Å². The zero-order valence-electron chi connectivity index (χ0n) is 10.3. The Balaban J connectivity index is 1.83. The molecular weight excluding hydrogens is 228 g/mol. The smallest absolute Gasteiger partial charge is 0.243 e. The van der Waals surface area contributed by atoms with E-state index in [2.05, 4.69) is 17.1 Å². The Labute approximate surface area is 106 Å². The number of allylic oxidation sites excluding steroid dienone is 1. The molecule has 0 spiro atoms. The number of benzene rings is 1. The number of nitrogens with one attached hydrogen (secondary N) is 1. The zero-order valence-corrected chi connectivity index (χ0v) is 10.3. The first-order chi connectivity index (χ1) is 8.69. The van der Waals surface area contributed by atoms with Crippen molar-refractivity contribution in [1.29, 1.82) is 0 Å². The van der Waals surface area contributed by atoms with Gasteiger partial charge < -0.3 is 4.74 Å². The molecular formula is C14H16N2O2. The van der Waals surface area contributed by atoms with Gasteiger partial charge in [-0.25, -0.2) is 5.43 Å². The number of carbonyl (C=O) groups excluding carboxylic acids is 1. The number of carbonyl (C=O) groups is 1. The second kappa shape index (κ2) is 5.49. The summed E-state index contributed by atoms with van der Waals surface area (Å²) in [4.78, 5) is 11.6. The molecule has 1 fully saturated rings. The van der Waals surface area contributed by atoms with Crippen LogP contribution in [-0.4, -0.2) is 19.2 Å². The molecule has 4 nitrogen and oxygen atoms in total. The molecule has 0 heterocycles. The maximum atomic E-state index is 11.6. The molecule has 1 aromatic carbocycles. The van der Waals surface area contributed by atoms with Gasteiger partial charge in [0.2, 0.25) is 5.91 Å². The van der Waals surface area contributed by atoms with Gasteiger partial charge in [0.15, 0.2) is 0 Å². The summed E-state index contributed by atoms with van der Waals surface area (Å²) in [6.07, 6.45) is 3.18. The number of rotatable bonds is 4. The minimum Gasteiger partial charge on any atom is -0.497 e. The Morgan fingerprint density at radius 3 is 2.67 bits per heavy atom. The van der Waals surface area contributed by atoms with Gasteiger partial charge in [0.1, 0.15) is 5.75 Å². The van der Waals surface area contributed by atoms with Crippen LogP contribution in [0.15, 0.2) is 41.5 Å². The fourth-order valence-electron chi connectivity index (χ4n) is 1.77. The summed E-state index contributed by atoms with van der Waals surface area (Å²) in [5, 5.41) is 3.93. The van der Waals surface area contributed by atoms with Gasteiger partial charge in [0.25, 0.3) is 0 Å². The molecule has 94 valence electrons. The van der Waals surface area contributed by atoms with Crippen LogP contribution >= 0.6 is 0 Å². The second-order valence-electron chi connectivity index (χ2n) is 4.36. The van der Waals surface area contributed by atoms with Gasteiger partial charge >= 0.3 is 0 Å². The van der Waals surface area contributed by atoms with E-state index in [0.29, 0.717) is 0 Å². The molecule has 1 aliphatic carbocycles. The molecule has 2 rings (SSSR count). The molecule has 0 radical (unpaired) electrons. The van der Waals surface area contributed by atoms with Crippen molar-refractivity contribution in [3.05, 3.63) is 42.0 Å². The van der Waals surface area contributed by atoms with Crippen LogP contribution in [-0.2, 0) is 4.79 Å². The lowest BCUT2D eigenvalue weighted by Crippen LogP contribution is -2.32. The van der Waals surface area contributed by atoms with E-state index in [-0.39, 0.29) is 11.8 Å². The molecule has 18 heavy (non-hydrogen) atoms. The quantitative estimate of drug-likeness (QED) is 0.501. The fraction of sp³-hybridized carbons (Fsp3) is 0.286. The minimum absolute atomic E-state index is 0.0350. The van der Waals surface area contributed by atoms with E-state index in [4.69, 9.17) is 4.74 Å². The molecule has 1 aliphatic rings. The average Bonchev–Trinajstić information content (AvgIpc) is 2.35. The van der Waals surface area contributed by atoms with E-state index < -0.39 is 0 Å². The molecule has 1 aromatic rings. The lowest BCUT2D eigenvalue weighted by atomic mass is 9.81. The Hall–Kier alpha value is -2.10. The highest BCUT2D eigenvalue weighted by atomic mass is 16.5. The third kappa shape index (κ3) is 2.97. The Morgan fingerprint density at radius 2 is 2.11 bits per heavy atom. The molecule has 0 bridgehead atoms. The number of ether oxygens (including phenoxy) is 1. The van der Waals surface area contributed by atoms with Crippen LogP contribution in [0.25, 0.3) is 0 Å². The summed E-state index contributed by atoms with van der Waals surface area (Å²) in [5.74, 6) is 0.807. The first-order valence-corrected chi connectivity index (χ1v) is 5.82. The molecule has 0 atom stereocenters. The van der Waals surface area contributed by atoms with Gasteiger partial charge in [-0.05, 0) is 42.7 Å². The van der Waals surface area contributed by atoms with Gasteiger partial charge in [-0.2, -0.15) is 5.10 Å². The monoisotopic (exact) mass is 244 g/mol. The predicted octanol–water partition coefficient (Wildman–Crippen LogP) is 2.11. The molecule has 0 unspecified atom stereocenters. The standard InChI is InChI=1S/C14H16N2O2/c1-10-7-12(8-10)14(17)16-15-9-11-3-5-13(18-2)6-4-11/h3-6,9,12H,1,7-8H2,2H3,(H,16,17)/b15-9+. The summed E-state index contributed by atoms with van der Waals surface area (Å²) >= 11 is 0. The van der Waals surface area contributed by atoms with Crippen molar-refractivity contribution in [3.8, 4) is 5.75 Å². The van der Waals surface area contributed by atoms with Crippen LogP contribution in [0.2, 0.25) is 0 Å². The van der Waals surface area contributed by atoms with Crippen LogP contribution in [0.1, 0.15) is 18.4 Å². The van der Waals surface area contributed by atoms with Crippen molar-refractivity contribution in [3.63, 3.8) is 0 Å². The predicted molar refractivity (Wildman–Crippen MR) is 70.6 cm³/mol. The molecule has 0 saturated heterocycles. The van der Waals surface area contributed by atoms with Crippen molar-refractivity contribution in [2.75, 3.05) is 7.11 Å². The first kappa shape index (κ1) is 12.4. The highest BCUT2D eigenvalue weighted by Crippen LogP contribution is 2.31. The summed E-state index contributed by atoms with van der Waals surface area (Å²) in [6, 6.07) is 7.44. The Bertz CT molecular complexity index is 469. The van der Waals surface area contributed by atoms with E-state index >= 15 is 0 Å². The molecule has 1 amide bonds. The van der Waals surface area contributed by atoms with Crippen LogP contribution in [0.5, 0.6) is 5.75 Å². The van der Waals surface area contributed by atoms with E-state index in [0.717, 1.165) is 29.7 Å². The molecule has 0 aromatic heterocycles. The third-order valence-electron chi connectivity index (χ3n) is 2.95. The van der Waals surface area contributed by atoms with Gasteiger partial charge in [-0.15, -0.1) is 0 Å².